The predicted octanol–water partition coefficient (Wildman–Crippen LogP) is 4.43. The molecule has 2 amide bonds. The van der Waals surface area contributed by atoms with Gasteiger partial charge in [-0.15, -0.1) is 11.8 Å². The van der Waals surface area contributed by atoms with Gasteiger partial charge < -0.3 is 19.3 Å². The molecule has 2 aliphatic heterocycles. The quantitative estimate of drug-likeness (QED) is 0.543. The molecule has 0 aliphatic carbocycles. The van der Waals surface area contributed by atoms with E-state index in [0.717, 1.165) is 0 Å². The zero-order valence-electron chi connectivity index (χ0n) is 18.8. The molecular formula is C26H23FN2O4S. The minimum Gasteiger partial charge on any atom is -0.497 e. The molecule has 0 saturated carbocycles. The summed E-state index contributed by atoms with van der Waals surface area (Å²) in [6, 6.07) is 18.7. The van der Waals surface area contributed by atoms with Crippen LogP contribution in [0.3, 0.4) is 0 Å². The number of benzene rings is 3. The van der Waals surface area contributed by atoms with Crippen molar-refractivity contribution in [2.45, 2.75) is 11.4 Å². The second-order valence-corrected chi connectivity index (χ2v) is 9.33. The highest BCUT2D eigenvalue weighted by Crippen LogP contribution is 2.55. The van der Waals surface area contributed by atoms with Crippen LogP contribution in [0.4, 0.5) is 10.1 Å². The topological polar surface area (TPSA) is 59.1 Å². The van der Waals surface area contributed by atoms with Gasteiger partial charge in [0.05, 0.1) is 26.5 Å². The molecule has 1 saturated heterocycles. The Morgan fingerprint density at radius 1 is 1.03 bits per heavy atom. The van der Waals surface area contributed by atoms with Crippen molar-refractivity contribution in [3.63, 3.8) is 0 Å². The summed E-state index contributed by atoms with van der Waals surface area (Å²) in [6.45, 7) is 0.463. The SMILES string of the molecule is COc1cccc(C(=O)N2CCS[C@]23C(=O)N(Cc2ccccc2F)c2ccc(OC)cc23)c1. The summed E-state index contributed by atoms with van der Waals surface area (Å²) in [5.41, 5.74) is 2.16. The van der Waals surface area contributed by atoms with E-state index in [1.807, 2.05) is 0 Å². The number of fused-ring (bicyclic) bond motifs is 2. The molecule has 0 radical (unpaired) electrons. The standard InChI is InChI=1S/C26H23FN2O4S/c1-32-19-8-5-7-17(14-19)24(30)29-12-13-34-26(29)21-15-20(33-2)10-11-23(21)28(25(26)31)16-18-6-3-4-9-22(18)27/h3-11,14-15H,12-13,16H2,1-2H3/t26-/m1/s1. The zero-order chi connectivity index (χ0) is 23.9. The second-order valence-electron chi connectivity index (χ2n) is 8.05. The molecule has 6 nitrogen and oxygen atoms in total. The van der Waals surface area contributed by atoms with Crippen LogP contribution in [0, 0.1) is 5.82 Å². The number of carbonyl (C=O) groups excluding carboxylic acids is 2. The van der Waals surface area contributed by atoms with Gasteiger partial charge in [0.15, 0.2) is 4.87 Å². The first-order valence-corrected chi connectivity index (χ1v) is 11.8. The van der Waals surface area contributed by atoms with Crippen molar-refractivity contribution in [1.29, 1.82) is 0 Å². The molecule has 3 aromatic carbocycles. The van der Waals surface area contributed by atoms with Gasteiger partial charge in [-0.1, -0.05) is 24.3 Å². The van der Waals surface area contributed by atoms with Gasteiger partial charge >= 0.3 is 0 Å². The summed E-state index contributed by atoms with van der Waals surface area (Å²) in [4.78, 5) is 29.7. The third kappa shape index (κ3) is 3.40. The van der Waals surface area contributed by atoms with E-state index in [0.29, 0.717) is 46.2 Å². The summed E-state index contributed by atoms with van der Waals surface area (Å²) < 4.78 is 25.2. The monoisotopic (exact) mass is 478 g/mol. The van der Waals surface area contributed by atoms with Crippen LogP contribution in [0.1, 0.15) is 21.5 Å². The molecule has 2 heterocycles. The molecule has 1 fully saturated rings. The highest BCUT2D eigenvalue weighted by Gasteiger charge is 2.59. The highest BCUT2D eigenvalue weighted by atomic mass is 32.2. The van der Waals surface area contributed by atoms with Crippen LogP contribution < -0.4 is 14.4 Å². The van der Waals surface area contributed by atoms with Crippen molar-refractivity contribution in [3.8, 4) is 11.5 Å². The van der Waals surface area contributed by atoms with Crippen LogP contribution in [-0.4, -0.2) is 43.2 Å². The number of nitrogens with zero attached hydrogens (tertiary/aromatic N) is 2. The Kier molecular flexibility index (Phi) is 5.69. The summed E-state index contributed by atoms with van der Waals surface area (Å²) in [7, 11) is 3.10. The van der Waals surface area contributed by atoms with Gasteiger partial charge in [-0.3, -0.25) is 9.59 Å². The summed E-state index contributed by atoms with van der Waals surface area (Å²) >= 11 is 1.42. The van der Waals surface area contributed by atoms with E-state index < -0.39 is 4.87 Å². The maximum absolute atomic E-state index is 14.5. The van der Waals surface area contributed by atoms with E-state index in [1.54, 1.807) is 84.7 Å². The van der Waals surface area contributed by atoms with Gasteiger partial charge in [0.25, 0.3) is 11.8 Å². The van der Waals surface area contributed by atoms with Gasteiger partial charge in [-0.25, -0.2) is 4.39 Å². The third-order valence-electron chi connectivity index (χ3n) is 6.25. The van der Waals surface area contributed by atoms with Gasteiger partial charge in [0.1, 0.15) is 17.3 Å². The Morgan fingerprint density at radius 2 is 1.79 bits per heavy atom. The van der Waals surface area contributed by atoms with Gasteiger partial charge in [-0.05, 0) is 42.5 Å². The van der Waals surface area contributed by atoms with Crippen molar-refractivity contribution in [2.24, 2.45) is 0 Å². The number of anilines is 1. The van der Waals surface area contributed by atoms with E-state index >= 15 is 0 Å². The van der Waals surface area contributed by atoms with Crippen LogP contribution in [0.5, 0.6) is 11.5 Å². The molecule has 1 atom stereocenters. The maximum atomic E-state index is 14.5. The molecule has 3 aromatic rings. The predicted molar refractivity (Wildman–Crippen MR) is 129 cm³/mol. The fraction of sp³-hybridized carbons (Fsp3) is 0.231. The van der Waals surface area contributed by atoms with Crippen molar-refractivity contribution in [1.82, 2.24) is 4.90 Å². The van der Waals surface area contributed by atoms with Gasteiger partial charge in [0.2, 0.25) is 0 Å². The lowest BCUT2D eigenvalue weighted by molar-refractivity contribution is -0.123. The van der Waals surface area contributed by atoms with Crippen LogP contribution in [0.25, 0.3) is 0 Å². The first-order chi connectivity index (χ1) is 16.5. The number of amides is 2. The van der Waals surface area contributed by atoms with E-state index in [4.69, 9.17) is 9.47 Å². The zero-order valence-corrected chi connectivity index (χ0v) is 19.6. The molecule has 34 heavy (non-hydrogen) atoms. The molecule has 174 valence electrons. The molecule has 8 heteroatoms. The van der Waals surface area contributed by atoms with Crippen molar-refractivity contribution < 1.29 is 23.5 Å². The Balaban J connectivity index is 1.61. The number of hydrogen-bond acceptors (Lipinski definition) is 5. The van der Waals surface area contributed by atoms with Crippen LogP contribution in [0.15, 0.2) is 66.7 Å². The average molecular weight is 479 g/mol. The minimum atomic E-state index is -1.25. The largest absolute Gasteiger partial charge is 0.497 e. The summed E-state index contributed by atoms with van der Waals surface area (Å²) in [5.74, 6) is 0.824. The van der Waals surface area contributed by atoms with Crippen molar-refractivity contribution >= 4 is 29.3 Å². The van der Waals surface area contributed by atoms with Crippen molar-refractivity contribution in [3.05, 3.63) is 89.2 Å². The van der Waals surface area contributed by atoms with E-state index in [2.05, 4.69) is 0 Å². The molecule has 0 aromatic heterocycles. The number of carbonyl (C=O) groups is 2. The number of thioether (sulfide) groups is 1. The second kappa shape index (κ2) is 8.68. The molecule has 2 aliphatic rings. The molecule has 0 N–H and O–H groups in total. The number of rotatable bonds is 5. The Morgan fingerprint density at radius 3 is 2.56 bits per heavy atom. The average Bonchev–Trinajstić information content (AvgIpc) is 3.41. The van der Waals surface area contributed by atoms with Crippen LogP contribution >= 0.6 is 11.8 Å². The molecule has 0 unspecified atom stereocenters. The lowest BCUT2D eigenvalue weighted by Gasteiger charge is -2.33. The minimum absolute atomic E-state index is 0.0638. The molecule has 1 spiro atoms. The Hall–Kier alpha value is -3.52. The fourth-order valence-corrected chi connectivity index (χ4v) is 6.04. The molecular weight excluding hydrogens is 455 g/mol. The van der Waals surface area contributed by atoms with Gasteiger partial charge in [-0.2, -0.15) is 0 Å². The van der Waals surface area contributed by atoms with E-state index in [-0.39, 0.29) is 24.2 Å². The third-order valence-corrected chi connectivity index (χ3v) is 7.67. The van der Waals surface area contributed by atoms with Crippen LogP contribution in [0.2, 0.25) is 0 Å². The number of hydrogen-bond donors (Lipinski definition) is 0. The highest BCUT2D eigenvalue weighted by molar-refractivity contribution is 8.01. The fourth-order valence-electron chi connectivity index (χ4n) is 4.59. The smallest absolute Gasteiger partial charge is 0.268 e. The Bertz CT molecular complexity index is 1280. The maximum Gasteiger partial charge on any atom is 0.268 e. The summed E-state index contributed by atoms with van der Waals surface area (Å²) in [6.07, 6.45) is 0. The normalized spacial score (nSPS) is 19.0. The van der Waals surface area contributed by atoms with Crippen LogP contribution in [-0.2, 0) is 16.2 Å². The first kappa shape index (κ1) is 22.3. The number of methoxy groups -OCH3 is 2. The number of halogens is 1. The molecule has 0 bridgehead atoms. The Labute approximate surface area is 201 Å². The van der Waals surface area contributed by atoms with E-state index in [9.17, 15) is 14.0 Å². The lowest BCUT2D eigenvalue weighted by atomic mass is 10.0. The summed E-state index contributed by atoms with van der Waals surface area (Å²) in [5, 5.41) is 0. The van der Waals surface area contributed by atoms with Crippen molar-refractivity contribution in [2.75, 3.05) is 31.4 Å². The first-order valence-electron chi connectivity index (χ1n) is 10.8. The lowest BCUT2D eigenvalue weighted by Crippen LogP contribution is -2.50. The van der Waals surface area contributed by atoms with E-state index in [1.165, 1.54) is 17.8 Å². The van der Waals surface area contributed by atoms with Gasteiger partial charge in [0, 0.05) is 29.0 Å². The molecule has 5 rings (SSSR count). The number of ether oxygens (including phenoxy) is 2.